The average Bonchev–Trinajstić information content (AvgIpc) is 3.20. The third-order valence-corrected chi connectivity index (χ3v) is 4.78. The van der Waals surface area contributed by atoms with E-state index in [1.807, 2.05) is 53.9 Å². The molecule has 0 unspecified atom stereocenters. The molecule has 0 saturated carbocycles. The Morgan fingerprint density at radius 1 is 1.16 bits per heavy atom. The van der Waals surface area contributed by atoms with Crippen molar-refractivity contribution in [2.45, 2.75) is 19.4 Å². The molecule has 0 spiro atoms. The van der Waals surface area contributed by atoms with Gasteiger partial charge in [0.15, 0.2) is 0 Å². The molecule has 0 atom stereocenters. The fourth-order valence-electron chi connectivity index (χ4n) is 2.48. The van der Waals surface area contributed by atoms with Gasteiger partial charge in [-0.25, -0.2) is 0 Å². The smallest absolute Gasteiger partial charge is 0.220 e. The lowest BCUT2D eigenvalue weighted by Gasteiger charge is -2.07. The topological polar surface area (TPSA) is 51.2 Å². The lowest BCUT2D eigenvalue weighted by Crippen LogP contribution is -2.23. The van der Waals surface area contributed by atoms with Crippen LogP contribution in [0.1, 0.15) is 17.5 Å². The minimum Gasteiger partial charge on any atom is -0.497 e. The van der Waals surface area contributed by atoms with E-state index >= 15 is 0 Å². The molecule has 0 radical (unpaired) electrons. The zero-order valence-electron chi connectivity index (χ0n) is 14.1. The second-order valence-corrected chi connectivity index (χ2v) is 6.60. The van der Waals surface area contributed by atoms with E-state index < -0.39 is 0 Å². The maximum absolute atomic E-state index is 12.1. The molecule has 5 heteroatoms. The van der Waals surface area contributed by atoms with E-state index in [0.29, 0.717) is 19.4 Å². The maximum Gasteiger partial charge on any atom is 0.220 e. The Kier molecular flexibility index (Phi) is 5.80. The van der Waals surface area contributed by atoms with Crippen molar-refractivity contribution in [1.82, 2.24) is 10.3 Å². The number of pyridine rings is 1. The third kappa shape index (κ3) is 4.90. The molecule has 2 aromatic heterocycles. The van der Waals surface area contributed by atoms with Gasteiger partial charge in [0.1, 0.15) is 5.75 Å². The molecule has 1 aromatic carbocycles. The van der Waals surface area contributed by atoms with Crippen LogP contribution in [0.3, 0.4) is 0 Å². The zero-order valence-corrected chi connectivity index (χ0v) is 14.9. The molecule has 0 saturated heterocycles. The molecule has 0 aliphatic carbocycles. The number of aromatic nitrogens is 1. The quantitative estimate of drug-likeness (QED) is 0.697. The number of amides is 1. The highest BCUT2D eigenvalue weighted by molar-refractivity contribution is 7.13. The number of aryl methyl sites for hydroxylation is 1. The van der Waals surface area contributed by atoms with Crippen molar-refractivity contribution < 1.29 is 9.53 Å². The largest absolute Gasteiger partial charge is 0.497 e. The van der Waals surface area contributed by atoms with Crippen LogP contribution in [-0.4, -0.2) is 18.0 Å². The normalized spacial score (nSPS) is 10.4. The predicted molar refractivity (Wildman–Crippen MR) is 101 cm³/mol. The summed E-state index contributed by atoms with van der Waals surface area (Å²) in [5.74, 6) is 0.873. The highest BCUT2D eigenvalue weighted by atomic mass is 32.1. The highest BCUT2D eigenvalue weighted by Gasteiger charge is 2.05. The minimum absolute atomic E-state index is 0.0466. The van der Waals surface area contributed by atoms with Crippen LogP contribution in [0, 0.1) is 0 Å². The van der Waals surface area contributed by atoms with Gasteiger partial charge in [0.25, 0.3) is 0 Å². The average molecular weight is 352 g/mol. The van der Waals surface area contributed by atoms with E-state index in [4.69, 9.17) is 4.74 Å². The Labute approximate surface area is 151 Å². The highest BCUT2D eigenvalue weighted by Crippen LogP contribution is 2.23. The first-order valence-electron chi connectivity index (χ1n) is 8.13. The van der Waals surface area contributed by atoms with Gasteiger partial charge in [-0.3, -0.25) is 9.78 Å². The molecule has 4 nitrogen and oxygen atoms in total. The van der Waals surface area contributed by atoms with Crippen LogP contribution in [-0.2, 0) is 17.8 Å². The molecule has 1 amide bonds. The molecule has 25 heavy (non-hydrogen) atoms. The van der Waals surface area contributed by atoms with E-state index in [1.165, 1.54) is 0 Å². The van der Waals surface area contributed by atoms with Gasteiger partial charge in [-0.15, -0.1) is 11.3 Å². The number of hydrogen-bond acceptors (Lipinski definition) is 4. The Balaban J connectivity index is 1.49. The number of carbonyl (C=O) groups is 1. The first-order chi connectivity index (χ1) is 12.2. The molecule has 1 N–H and O–H groups in total. The number of nitrogens with one attached hydrogen (secondary N) is 1. The van der Waals surface area contributed by atoms with Gasteiger partial charge in [0.2, 0.25) is 5.91 Å². The van der Waals surface area contributed by atoms with Crippen molar-refractivity contribution >= 4 is 17.2 Å². The Morgan fingerprint density at radius 3 is 2.72 bits per heavy atom. The number of ether oxygens (including phenoxy) is 1. The van der Waals surface area contributed by atoms with Gasteiger partial charge in [0, 0.05) is 19.2 Å². The van der Waals surface area contributed by atoms with Crippen LogP contribution >= 0.6 is 11.3 Å². The molecule has 0 bridgehead atoms. The Hall–Kier alpha value is -2.66. The molecule has 3 rings (SSSR count). The van der Waals surface area contributed by atoms with Crippen LogP contribution in [0.25, 0.3) is 10.6 Å². The number of nitrogens with zero attached hydrogens (tertiary/aromatic N) is 1. The molecule has 3 aromatic rings. The van der Waals surface area contributed by atoms with Crippen LogP contribution in [0.2, 0.25) is 0 Å². The molecule has 0 aliphatic heterocycles. The van der Waals surface area contributed by atoms with Crippen molar-refractivity contribution in [3.63, 3.8) is 0 Å². The first-order valence-corrected chi connectivity index (χ1v) is 9.01. The monoisotopic (exact) mass is 352 g/mol. The molecule has 128 valence electrons. The van der Waals surface area contributed by atoms with Gasteiger partial charge < -0.3 is 10.1 Å². The van der Waals surface area contributed by atoms with Crippen molar-refractivity contribution in [1.29, 1.82) is 0 Å². The number of thiophene rings is 1. The fourth-order valence-corrected chi connectivity index (χ4v) is 3.18. The lowest BCUT2D eigenvalue weighted by molar-refractivity contribution is -0.121. The standard InChI is InChI=1S/C20H20N2O2S/c1-24-17-7-4-15(5-8-17)6-9-20(23)22-14-16-10-11-21-18(13-16)19-3-2-12-25-19/h2-5,7-8,10-13H,6,9,14H2,1H3,(H,22,23). The van der Waals surface area contributed by atoms with E-state index in [2.05, 4.69) is 10.3 Å². The van der Waals surface area contributed by atoms with Crippen LogP contribution in [0.5, 0.6) is 5.75 Å². The molecule has 2 heterocycles. The SMILES string of the molecule is COc1ccc(CCC(=O)NCc2ccnc(-c3cccs3)c2)cc1. The van der Waals surface area contributed by atoms with Gasteiger partial charge >= 0.3 is 0 Å². The second-order valence-electron chi connectivity index (χ2n) is 5.65. The summed E-state index contributed by atoms with van der Waals surface area (Å²) in [4.78, 5) is 17.6. The maximum atomic E-state index is 12.1. The summed E-state index contributed by atoms with van der Waals surface area (Å²) in [7, 11) is 1.64. The van der Waals surface area contributed by atoms with Gasteiger partial charge in [-0.05, 0) is 53.3 Å². The number of hydrogen-bond donors (Lipinski definition) is 1. The number of rotatable bonds is 7. The van der Waals surface area contributed by atoms with E-state index in [0.717, 1.165) is 27.4 Å². The van der Waals surface area contributed by atoms with E-state index in [-0.39, 0.29) is 5.91 Å². The van der Waals surface area contributed by atoms with E-state index in [9.17, 15) is 4.79 Å². The summed E-state index contributed by atoms with van der Waals surface area (Å²) in [5.41, 5.74) is 3.12. The predicted octanol–water partition coefficient (Wildman–Crippen LogP) is 4.07. The van der Waals surface area contributed by atoms with Crippen molar-refractivity contribution in [2.75, 3.05) is 7.11 Å². The number of benzene rings is 1. The summed E-state index contributed by atoms with van der Waals surface area (Å²) in [6, 6.07) is 15.8. The van der Waals surface area contributed by atoms with Crippen molar-refractivity contribution in [2.24, 2.45) is 0 Å². The Bertz CT molecular complexity index is 814. The van der Waals surface area contributed by atoms with Crippen molar-refractivity contribution in [3.8, 4) is 16.3 Å². The van der Waals surface area contributed by atoms with Gasteiger partial charge in [0.05, 0.1) is 17.7 Å². The molecule has 0 fully saturated rings. The second kappa shape index (κ2) is 8.44. The summed E-state index contributed by atoms with van der Waals surface area (Å²) < 4.78 is 5.14. The third-order valence-electron chi connectivity index (χ3n) is 3.89. The van der Waals surface area contributed by atoms with Crippen molar-refractivity contribution in [3.05, 3.63) is 71.2 Å². The zero-order chi connectivity index (χ0) is 17.5. The van der Waals surface area contributed by atoms with Crippen LogP contribution in [0.15, 0.2) is 60.1 Å². The minimum atomic E-state index is 0.0466. The number of methoxy groups -OCH3 is 1. The summed E-state index contributed by atoms with van der Waals surface area (Å²) in [6.45, 7) is 0.516. The number of carbonyl (C=O) groups excluding carboxylic acids is 1. The summed E-state index contributed by atoms with van der Waals surface area (Å²) >= 11 is 1.66. The lowest BCUT2D eigenvalue weighted by atomic mass is 10.1. The Morgan fingerprint density at radius 2 is 2.00 bits per heavy atom. The summed E-state index contributed by atoms with van der Waals surface area (Å²) in [6.07, 6.45) is 2.97. The molecule has 0 aliphatic rings. The molecular formula is C20H20N2O2S. The summed E-state index contributed by atoms with van der Waals surface area (Å²) in [5, 5.41) is 5.01. The molecular weight excluding hydrogens is 332 g/mol. The van der Waals surface area contributed by atoms with Gasteiger partial charge in [-0.1, -0.05) is 18.2 Å². The van der Waals surface area contributed by atoms with Crippen LogP contribution in [0.4, 0.5) is 0 Å². The van der Waals surface area contributed by atoms with Crippen LogP contribution < -0.4 is 10.1 Å². The first kappa shape index (κ1) is 17.2. The van der Waals surface area contributed by atoms with E-state index in [1.54, 1.807) is 24.6 Å². The fraction of sp³-hybridized carbons (Fsp3) is 0.200. The van der Waals surface area contributed by atoms with Gasteiger partial charge in [-0.2, -0.15) is 0 Å².